The highest BCUT2D eigenvalue weighted by molar-refractivity contribution is 6.32. The number of nitrogens with one attached hydrogen (secondary N) is 1. The van der Waals surface area contributed by atoms with E-state index in [0.29, 0.717) is 13.1 Å². The summed E-state index contributed by atoms with van der Waals surface area (Å²) in [5, 5.41) is 4.88. The largest absolute Gasteiger partial charge is 0.351 e. The zero-order chi connectivity index (χ0) is 20.1. The average Bonchev–Trinajstić information content (AvgIpc) is 2.76. The number of hydrogen-bond donors (Lipinski definition) is 1. The van der Waals surface area contributed by atoms with E-state index in [9.17, 15) is 4.79 Å². The van der Waals surface area contributed by atoms with Crippen molar-refractivity contribution in [1.29, 1.82) is 0 Å². The molecule has 0 saturated carbocycles. The van der Waals surface area contributed by atoms with Crippen molar-refractivity contribution in [3.05, 3.63) is 76.9 Å². The molecule has 2 heterocycles. The molecule has 0 atom stereocenters. The molecule has 1 aromatic heterocycles. The predicted octanol–water partition coefficient (Wildman–Crippen LogP) is 3.32. The van der Waals surface area contributed by atoms with Gasteiger partial charge in [-0.3, -0.25) is 19.6 Å². The lowest BCUT2D eigenvalue weighted by atomic mass is 10.1. The first-order valence-electron chi connectivity index (χ1n) is 9.96. The lowest BCUT2D eigenvalue weighted by Crippen LogP contribution is -2.49. The number of amides is 1. The zero-order valence-electron chi connectivity index (χ0n) is 16.4. The quantitative estimate of drug-likeness (QED) is 0.679. The summed E-state index contributed by atoms with van der Waals surface area (Å²) in [6.45, 7) is 5.35. The number of carbonyl (C=O) groups excluding carboxylic acids is 1. The van der Waals surface area contributed by atoms with Crippen LogP contribution in [0, 0.1) is 0 Å². The number of benzene rings is 2. The highest BCUT2D eigenvalue weighted by Gasteiger charge is 2.20. The minimum atomic E-state index is 0.0728. The van der Waals surface area contributed by atoms with Crippen molar-refractivity contribution in [2.24, 2.45) is 0 Å². The summed E-state index contributed by atoms with van der Waals surface area (Å²) >= 11 is 6.48. The molecular formula is C23H25ClN4O. The van der Waals surface area contributed by atoms with Crippen LogP contribution >= 0.6 is 11.6 Å². The number of aromatic nitrogens is 1. The molecule has 1 aliphatic rings. The molecule has 2 aromatic carbocycles. The van der Waals surface area contributed by atoms with Crippen LogP contribution in [0.15, 0.2) is 60.8 Å². The first-order chi connectivity index (χ1) is 14.2. The highest BCUT2D eigenvalue weighted by atomic mass is 35.5. The molecule has 29 heavy (non-hydrogen) atoms. The molecule has 1 N–H and O–H groups in total. The first-order valence-corrected chi connectivity index (χ1v) is 10.3. The van der Waals surface area contributed by atoms with Crippen molar-refractivity contribution in [3.8, 4) is 0 Å². The van der Waals surface area contributed by atoms with Crippen LogP contribution in [-0.2, 0) is 17.9 Å². The molecule has 1 aliphatic heterocycles. The Labute approximate surface area is 176 Å². The second-order valence-corrected chi connectivity index (χ2v) is 7.82. The molecule has 6 heteroatoms. The fourth-order valence-corrected chi connectivity index (χ4v) is 3.93. The van der Waals surface area contributed by atoms with Gasteiger partial charge >= 0.3 is 0 Å². The van der Waals surface area contributed by atoms with Gasteiger partial charge in [-0.25, -0.2) is 0 Å². The summed E-state index contributed by atoms with van der Waals surface area (Å²) in [6, 6.07) is 18.0. The van der Waals surface area contributed by atoms with Gasteiger partial charge in [-0.1, -0.05) is 54.1 Å². The van der Waals surface area contributed by atoms with E-state index in [-0.39, 0.29) is 5.91 Å². The molecule has 150 valence electrons. The van der Waals surface area contributed by atoms with Crippen molar-refractivity contribution in [3.63, 3.8) is 0 Å². The van der Waals surface area contributed by atoms with Crippen molar-refractivity contribution in [1.82, 2.24) is 20.1 Å². The van der Waals surface area contributed by atoms with E-state index < -0.39 is 0 Å². The number of rotatable bonds is 6. The normalized spacial score (nSPS) is 15.5. The molecule has 3 aromatic rings. The summed E-state index contributed by atoms with van der Waals surface area (Å²) in [6.07, 6.45) is 1.81. The fourth-order valence-electron chi connectivity index (χ4n) is 3.72. The van der Waals surface area contributed by atoms with Gasteiger partial charge < -0.3 is 5.32 Å². The molecule has 5 nitrogen and oxygen atoms in total. The molecule has 0 unspecified atom stereocenters. The Morgan fingerprint density at radius 3 is 2.52 bits per heavy atom. The van der Waals surface area contributed by atoms with Crippen molar-refractivity contribution in [2.75, 3.05) is 32.7 Å². The van der Waals surface area contributed by atoms with Crippen LogP contribution in [0.2, 0.25) is 5.02 Å². The second-order valence-electron chi connectivity index (χ2n) is 7.42. The molecule has 4 rings (SSSR count). The maximum Gasteiger partial charge on any atom is 0.234 e. The number of hydrogen-bond acceptors (Lipinski definition) is 4. The van der Waals surface area contributed by atoms with Gasteiger partial charge in [-0.2, -0.15) is 0 Å². The van der Waals surface area contributed by atoms with Crippen LogP contribution < -0.4 is 5.32 Å². The van der Waals surface area contributed by atoms with E-state index in [2.05, 4.69) is 26.2 Å². The van der Waals surface area contributed by atoms with Gasteiger partial charge in [-0.15, -0.1) is 0 Å². The Balaban J connectivity index is 1.28. The van der Waals surface area contributed by atoms with E-state index in [1.165, 1.54) is 0 Å². The standard InChI is InChI=1S/C23H25ClN4O/c24-21-9-8-19-7-4-10-25-23(19)20(21)16-27-11-13-28(14-12-27)17-22(29)26-15-18-5-2-1-3-6-18/h1-10H,11-17H2,(H,26,29). The third-order valence-electron chi connectivity index (χ3n) is 5.37. The summed E-state index contributed by atoms with van der Waals surface area (Å²) in [5.41, 5.74) is 3.17. The van der Waals surface area contributed by atoms with Crippen molar-refractivity contribution >= 4 is 28.4 Å². The van der Waals surface area contributed by atoms with Crippen molar-refractivity contribution in [2.45, 2.75) is 13.1 Å². The Morgan fingerprint density at radius 2 is 1.72 bits per heavy atom. The summed E-state index contributed by atoms with van der Waals surface area (Å²) in [4.78, 5) is 21.4. The van der Waals surface area contributed by atoms with Gasteiger partial charge in [0.25, 0.3) is 0 Å². The van der Waals surface area contributed by atoms with Gasteiger partial charge in [-0.05, 0) is 17.7 Å². The zero-order valence-corrected chi connectivity index (χ0v) is 17.1. The maximum atomic E-state index is 12.3. The third-order valence-corrected chi connectivity index (χ3v) is 5.72. The summed E-state index contributed by atoms with van der Waals surface area (Å²) in [5.74, 6) is 0.0728. The number of fused-ring (bicyclic) bond motifs is 1. The predicted molar refractivity (Wildman–Crippen MR) is 117 cm³/mol. The number of nitrogens with zero attached hydrogens (tertiary/aromatic N) is 3. The van der Waals surface area contributed by atoms with Gasteiger partial charge in [0.15, 0.2) is 0 Å². The van der Waals surface area contributed by atoms with E-state index in [1.807, 2.05) is 54.7 Å². The molecule has 0 bridgehead atoms. The monoisotopic (exact) mass is 408 g/mol. The Hall–Kier alpha value is -2.47. The van der Waals surface area contributed by atoms with Crippen LogP contribution in [0.25, 0.3) is 10.9 Å². The minimum Gasteiger partial charge on any atom is -0.351 e. The maximum absolute atomic E-state index is 12.3. The summed E-state index contributed by atoms with van der Waals surface area (Å²) in [7, 11) is 0. The Bertz CT molecular complexity index is 971. The number of halogens is 1. The SMILES string of the molecule is O=C(CN1CCN(Cc2c(Cl)ccc3cccnc23)CC1)NCc1ccccc1. The number of piperazine rings is 1. The fraction of sp³-hybridized carbons (Fsp3) is 0.304. The lowest BCUT2D eigenvalue weighted by molar-refractivity contribution is -0.122. The summed E-state index contributed by atoms with van der Waals surface area (Å²) < 4.78 is 0. The van der Waals surface area contributed by atoms with Gasteiger partial charge in [0, 0.05) is 61.4 Å². The van der Waals surface area contributed by atoms with Crippen molar-refractivity contribution < 1.29 is 4.79 Å². The Kier molecular flexibility index (Phi) is 6.39. The molecule has 1 saturated heterocycles. The highest BCUT2D eigenvalue weighted by Crippen LogP contribution is 2.26. The molecule has 0 spiro atoms. The van der Waals surface area contributed by atoms with Gasteiger partial charge in [0.1, 0.15) is 0 Å². The van der Waals surface area contributed by atoms with Crippen LogP contribution in [0.1, 0.15) is 11.1 Å². The van der Waals surface area contributed by atoms with Gasteiger partial charge in [0.2, 0.25) is 5.91 Å². The Morgan fingerprint density at radius 1 is 0.966 bits per heavy atom. The average molecular weight is 409 g/mol. The van der Waals surface area contributed by atoms with E-state index in [0.717, 1.165) is 59.8 Å². The van der Waals surface area contributed by atoms with Crippen LogP contribution in [-0.4, -0.2) is 53.4 Å². The van der Waals surface area contributed by atoms with E-state index in [1.54, 1.807) is 0 Å². The minimum absolute atomic E-state index is 0.0728. The lowest BCUT2D eigenvalue weighted by Gasteiger charge is -2.34. The third kappa shape index (κ3) is 5.12. The van der Waals surface area contributed by atoms with E-state index in [4.69, 9.17) is 11.6 Å². The number of carbonyl (C=O) groups is 1. The molecular weight excluding hydrogens is 384 g/mol. The second kappa shape index (κ2) is 9.35. The smallest absolute Gasteiger partial charge is 0.234 e. The van der Waals surface area contributed by atoms with E-state index >= 15 is 0 Å². The molecule has 1 amide bonds. The first kappa shape index (κ1) is 19.8. The number of pyridine rings is 1. The molecule has 1 fully saturated rings. The molecule has 0 radical (unpaired) electrons. The van der Waals surface area contributed by atoms with Crippen LogP contribution in [0.4, 0.5) is 0 Å². The van der Waals surface area contributed by atoms with Crippen LogP contribution in [0.5, 0.6) is 0 Å². The molecule has 0 aliphatic carbocycles. The van der Waals surface area contributed by atoms with Crippen LogP contribution in [0.3, 0.4) is 0 Å². The van der Waals surface area contributed by atoms with Gasteiger partial charge in [0.05, 0.1) is 12.1 Å². The topological polar surface area (TPSA) is 48.5 Å².